The van der Waals surface area contributed by atoms with Gasteiger partial charge in [0.15, 0.2) is 11.5 Å². The van der Waals surface area contributed by atoms with Gasteiger partial charge in [0, 0.05) is 12.5 Å². The third-order valence-corrected chi connectivity index (χ3v) is 2.88. The Hall–Kier alpha value is -1.76. The molecule has 1 aromatic rings. The van der Waals surface area contributed by atoms with Crippen LogP contribution >= 0.6 is 0 Å². The molecular weight excluding hydrogens is 245 g/mol. The Balaban J connectivity index is 3.05. The number of hydrogen-bond acceptors (Lipinski definition) is 3. The van der Waals surface area contributed by atoms with Crippen molar-refractivity contribution in [1.82, 2.24) is 0 Å². The molecule has 3 nitrogen and oxygen atoms in total. The van der Waals surface area contributed by atoms with Crippen LogP contribution in [0.2, 0.25) is 0 Å². The first-order chi connectivity index (χ1) is 9.13. The molecule has 0 amide bonds. The number of benzene rings is 1. The fourth-order valence-corrected chi connectivity index (χ4v) is 1.90. The van der Waals surface area contributed by atoms with Crippen molar-refractivity contribution in [3.05, 3.63) is 23.5 Å². The number of rotatable bonds is 7. The first kappa shape index (κ1) is 15.3. The van der Waals surface area contributed by atoms with Crippen molar-refractivity contribution in [2.24, 2.45) is 0 Å². The fraction of sp³-hybridized carbons (Fsp3) is 0.533. The summed E-state index contributed by atoms with van der Waals surface area (Å²) in [6.07, 6.45) is 1.05. The Morgan fingerprint density at radius 3 is 2.32 bits per heavy atom. The topological polar surface area (TPSA) is 42.2 Å². The van der Waals surface area contributed by atoms with Crippen LogP contribution in [-0.4, -0.2) is 13.2 Å². The summed E-state index contributed by atoms with van der Waals surface area (Å²) in [6, 6.07) is 5.14. The van der Waals surface area contributed by atoms with Crippen molar-refractivity contribution in [3.8, 4) is 17.6 Å². The lowest BCUT2D eigenvalue weighted by atomic mass is 9.95. The number of halogens is 1. The van der Waals surface area contributed by atoms with Gasteiger partial charge in [0.1, 0.15) is 5.82 Å². The Bertz CT molecular complexity index is 454. The van der Waals surface area contributed by atoms with E-state index in [2.05, 4.69) is 6.07 Å². The molecular formula is C15H20FNO2. The molecule has 0 bridgehead atoms. The van der Waals surface area contributed by atoms with Gasteiger partial charge in [-0.2, -0.15) is 5.26 Å². The van der Waals surface area contributed by atoms with Crippen molar-refractivity contribution in [3.63, 3.8) is 0 Å². The van der Waals surface area contributed by atoms with Crippen molar-refractivity contribution in [2.45, 2.75) is 39.5 Å². The van der Waals surface area contributed by atoms with E-state index < -0.39 is 0 Å². The zero-order chi connectivity index (χ0) is 14.3. The Labute approximate surface area is 114 Å². The Kier molecular flexibility index (Phi) is 6.14. The predicted octanol–water partition coefficient (Wildman–Crippen LogP) is 4.03. The first-order valence-electron chi connectivity index (χ1n) is 6.59. The SMILES string of the molecule is CCOc1cc(F)c(C(C)CCC#N)cc1OCC. The summed E-state index contributed by atoms with van der Waals surface area (Å²) in [5.41, 5.74) is 0.571. The normalized spacial score (nSPS) is 11.7. The molecule has 19 heavy (non-hydrogen) atoms. The third kappa shape index (κ3) is 4.13. The molecule has 1 rings (SSSR count). The second-order valence-electron chi connectivity index (χ2n) is 4.28. The molecule has 0 saturated carbocycles. The van der Waals surface area contributed by atoms with E-state index in [1.54, 1.807) is 6.07 Å². The molecule has 0 aliphatic carbocycles. The summed E-state index contributed by atoms with van der Waals surface area (Å²) in [5, 5.41) is 8.60. The number of nitriles is 1. The first-order valence-corrected chi connectivity index (χ1v) is 6.59. The second kappa shape index (κ2) is 7.63. The van der Waals surface area contributed by atoms with Crippen molar-refractivity contribution < 1.29 is 13.9 Å². The molecule has 0 aliphatic heterocycles. The summed E-state index contributed by atoms with van der Waals surface area (Å²) >= 11 is 0. The lowest BCUT2D eigenvalue weighted by molar-refractivity contribution is 0.285. The van der Waals surface area contributed by atoms with Crippen LogP contribution in [0.15, 0.2) is 12.1 Å². The zero-order valence-electron chi connectivity index (χ0n) is 11.7. The van der Waals surface area contributed by atoms with E-state index >= 15 is 0 Å². The summed E-state index contributed by atoms with van der Waals surface area (Å²) in [7, 11) is 0. The minimum Gasteiger partial charge on any atom is -0.490 e. The maximum Gasteiger partial charge on any atom is 0.164 e. The predicted molar refractivity (Wildman–Crippen MR) is 72.0 cm³/mol. The monoisotopic (exact) mass is 265 g/mol. The highest BCUT2D eigenvalue weighted by molar-refractivity contribution is 5.44. The van der Waals surface area contributed by atoms with E-state index in [4.69, 9.17) is 14.7 Å². The molecule has 0 aromatic heterocycles. The van der Waals surface area contributed by atoms with Gasteiger partial charge < -0.3 is 9.47 Å². The summed E-state index contributed by atoms with van der Waals surface area (Å²) < 4.78 is 24.9. The van der Waals surface area contributed by atoms with Gasteiger partial charge in [-0.1, -0.05) is 6.92 Å². The molecule has 0 radical (unpaired) electrons. The van der Waals surface area contributed by atoms with Crippen LogP contribution in [0, 0.1) is 17.1 Å². The van der Waals surface area contributed by atoms with Gasteiger partial charge in [-0.3, -0.25) is 0 Å². The van der Waals surface area contributed by atoms with Crippen LogP contribution in [-0.2, 0) is 0 Å². The second-order valence-corrected chi connectivity index (χ2v) is 4.28. The van der Waals surface area contributed by atoms with Crippen LogP contribution in [0.3, 0.4) is 0 Å². The van der Waals surface area contributed by atoms with Crippen LogP contribution in [0.1, 0.15) is 45.1 Å². The molecule has 104 valence electrons. The number of hydrogen-bond donors (Lipinski definition) is 0. The summed E-state index contributed by atoms with van der Waals surface area (Å²) in [5.74, 6) is 0.662. The molecule has 0 fully saturated rings. The van der Waals surface area contributed by atoms with Crippen LogP contribution in [0.5, 0.6) is 11.5 Å². The average molecular weight is 265 g/mol. The van der Waals surface area contributed by atoms with Gasteiger partial charge in [-0.25, -0.2) is 4.39 Å². The highest BCUT2D eigenvalue weighted by Crippen LogP contribution is 2.34. The maximum absolute atomic E-state index is 14.1. The van der Waals surface area contributed by atoms with E-state index in [9.17, 15) is 4.39 Å². The van der Waals surface area contributed by atoms with Gasteiger partial charge in [0.2, 0.25) is 0 Å². The highest BCUT2D eigenvalue weighted by Gasteiger charge is 2.16. The van der Waals surface area contributed by atoms with E-state index in [0.29, 0.717) is 43.1 Å². The fourth-order valence-electron chi connectivity index (χ4n) is 1.90. The van der Waals surface area contributed by atoms with Crippen molar-refractivity contribution >= 4 is 0 Å². The smallest absolute Gasteiger partial charge is 0.164 e. The van der Waals surface area contributed by atoms with Gasteiger partial charge in [0.25, 0.3) is 0 Å². The largest absolute Gasteiger partial charge is 0.490 e. The van der Waals surface area contributed by atoms with Gasteiger partial charge in [-0.15, -0.1) is 0 Å². The van der Waals surface area contributed by atoms with E-state index in [0.717, 1.165) is 0 Å². The summed E-state index contributed by atoms with van der Waals surface area (Å²) in [4.78, 5) is 0. The standard InChI is InChI=1S/C15H20FNO2/c1-4-18-14-9-12(11(3)7-6-8-17)13(16)10-15(14)19-5-2/h9-11H,4-7H2,1-3H3. The van der Waals surface area contributed by atoms with Crippen LogP contribution < -0.4 is 9.47 Å². The molecule has 1 unspecified atom stereocenters. The van der Waals surface area contributed by atoms with Gasteiger partial charge >= 0.3 is 0 Å². The maximum atomic E-state index is 14.1. The quantitative estimate of drug-likeness (QED) is 0.747. The van der Waals surface area contributed by atoms with Crippen molar-refractivity contribution in [2.75, 3.05) is 13.2 Å². The van der Waals surface area contributed by atoms with E-state index in [1.807, 2.05) is 20.8 Å². The van der Waals surface area contributed by atoms with E-state index in [-0.39, 0.29) is 11.7 Å². The molecule has 0 N–H and O–H groups in total. The minimum atomic E-state index is -0.308. The Morgan fingerprint density at radius 2 is 1.79 bits per heavy atom. The Morgan fingerprint density at radius 1 is 1.21 bits per heavy atom. The number of ether oxygens (including phenoxy) is 2. The summed E-state index contributed by atoms with van der Waals surface area (Å²) in [6.45, 7) is 6.58. The lowest BCUT2D eigenvalue weighted by Crippen LogP contribution is -2.03. The van der Waals surface area contributed by atoms with Gasteiger partial charge in [-0.05, 0) is 37.8 Å². The number of nitrogens with zero attached hydrogens (tertiary/aromatic N) is 1. The molecule has 1 atom stereocenters. The van der Waals surface area contributed by atoms with Crippen LogP contribution in [0.25, 0.3) is 0 Å². The molecule has 0 heterocycles. The zero-order valence-corrected chi connectivity index (χ0v) is 11.7. The minimum absolute atomic E-state index is 0.0190. The average Bonchev–Trinajstić information content (AvgIpc) is 2.39. The molecule has 0 aliphatic rings. The lowest BCUT2D eigenvalue weighted by Gasteiger charge is -2.16. The van der Waals surface area contributed by atoms with Crippen molar-refractivity contribution in [1.29, 1.82) is 5.26 Å². The highest BCUT2D eigenvalue weighted by atomic mass is 19.1. The van der Waals surface area contributed by atoms with Crippen LogP contribution in [0.4, 0.5) is 4.39 Å². The third-order valence-electron chi connectivity index (χ3n) is 2.88. The van der Waals surface area contributed by atoms with Gasteiger partial charge in [0.05, 0.1) is 19.3 Å². The molecule has 0 spiro atoms. The molecule has 4 heteroatoms. The molecule has 1 aromatic carbocycles. The van der Waals surface area contributed by atoms with E-state index in [1.165, 1.54) is 6.07 Å². The molecule has 0 saturated heterocycles.